The molecule has 0 saturated heterocycles. The normalized spacial score (nSPS) is 13.2. The first-order valence-electron chi connectivity index (χ1n) is 5.29. The molecule has 92 valence electrons. The average molecular weight is 251 g/mol. The van der Waals surface area contributed by atoms with Gasteiger partial charge >= 0.3 is 8.80 Å². The molecule has 0 unspecified atom stereocenters. The third-order valence-corrected chi connectivity index (χ3v) is 6.39. The third kappa shape index (κ3) is 6.44. The summed E-state index contributed by atoms with van der Waals surface area (Å²) in [5, 5.41) is 0. The lowest BCUT2D eigenvalue weighted by Gasteiger charge is -2.25. The van der Waals surface area contributed by atoms with Crippen LogP contribution in [0.2, 0.25) is 25.7 Å². The predicted molar refractivity (Wildman–Crippen MR) is 67.6 cm³/mol. The molecule has 15 heavy (non-hydrogen) atoms. The van der Waals surface area contributed by atoms with Crippen LogP contribution in [0.4, 0.5) is 0 Å². The molecule has 0 aromatic rings. The van der Waals surface area contributed by atoms with E-state index in [4.69, 9.17) is 13.3 Å². The molecule has 0 atom stereocenters. The highest BCUT2D eigenvalue weighted by atomic mass is 28.4. The fourth-order valence-corrected chi connectivity index (χ4v) is 3.97. The maximum Gasteiger partial charge on any atom is 0.500 e. The Bertz CT molecular complexity index is 161. The van der Waals surface area contributed by atoms with Gasteiger partial charge in [-0.2, -0.15) is 0 Å². The summed E-state index contributed by atoms with van der Waals surface area (Å²) in [6.07, 6.45) is 1.03. The van der Waals surface area contributed by atoms with Crippen molar-refractivity contribution in [3.05, 3.63) is 0 Å². The molecule has 0 fully saturated rings. The summed E-state index contributed by atoms with van der Waals surface area (Å²) in [4.78, 5) is 3.56. The SMILES string of the molecule is CO[Si](CCCN[Si](C)(C)C)(OC)OC. The Balaban J connectivity index is 3.82. The van der Waals surface area contributed by atoms with Crippen LogP contribution >= 0.6 is 0 Å². The van der Waals surface area contributed by atoms with E-state index in [0.29, 0.717) is 0 Å². The van der Waals surface area contributed by atoms with Gasteiger partial charge in [-0.15, -0.1) is 0 Å². The van der Waals surface area contributed by atoms with Gasteiger partial charge in [-0.1, -0.05) is 19.6 Å². The predicted octanol–water partition coefficient (Wildman–Crippen LogP) is 1.68. The summed E-state index contributed by atoms with van der Waals surface area (Å²) >= 11 is 0. The first-order chi connectivity index (χ1) is 6.89. The van der Waals surface area contributed by atoms with Gasteiger partial charge in [0.15, 0.2) is 0 Å². The topological polar surface area (TPSA) is 39.7 Å². The highest BCUT2D eigenvalue weighted by molar-refractivity contribution is 6.73. The number of hydrogen-bond donors (Lipinski definition) is 1. The molecule has 0 aliphatic carbocycles. The van der Waals surface area contributed by atoms with Gasteiger partial charge in [0.2, 0.25) is 0 Å². The fourth-order valence-electron chi connectivity index (χ4n) is 1.32. The molecule has 0 aromatic carbocycles. The van der Waals surface area contributed by atoms with Crippen LogP contribution in [-0.4, -0.2) is 44.9 Å². The van der Waals surface area contributed by atoms with Crippen LogP contribution in [0.5, 0.6) is 0 Å². The van der Waals surface area contributed by atoms with Crippen LogP contribution in [0.25, 0.3) is 0 Å². The summed E-state index contributed by atoms with van der Waals surface area (Å²) in [7, 11) is 1.49. The zero-order valence-electron chi connectivity index (χ0n) is 10.8. The van der Waals surface area contributed by atoms with E-state index in [1.165, 1.54) is 0 Å². The Kier molecular flexibility index (Phi) is 6.89. The van der Waals surface area contributed by atoms with Gasteiger partial charge in [0, 0.05) is 27.4 Å². The minimum Gasteiger partial charge on any atom is -0.377 e. The van der Waals surface area contributed by atoms with Crippen LogP contribution < -0.4 is 4.98 Å². The Morgan fingerprint density at radius 3 is 1.73 bits per heavy atom. The van der Waals surface area contributed by atoms with Gasteiger partial charge in [-0.3, -0.25) is 0 Å². The van der Waals surface area contributed by atoms with Crippen molar-refractivity contribution in [3.63, 3.8) is 0 Å². The molecule has 1 N–H and O–H groups in total. The summed E-state index contributed by atoms with van der Waals surface area (Å²) in [5.41, 5.74) is 0. The molecule has 0 saturated carbocycles. The van der Waals surface area contributed by atoms with E-state index < -0.39 is 17.0 Å². The molecule has 0 aromatic heterocycles. The molecule has 0 heterocycles. The van der Waals surface area contributed by atoms with Crippen LogP contribution in [0.1, 0.15) is 6.42 Å². The summed E-state index contributed by atoms with van der Waals surface area (Å²) in [6.45, 7) is 7.89. The van der Waals surface area contributed by atoms with Crippen molar-refractivity contribution in [2.24, 2.45) is 0 Å². The van der Waals surface area contributed by atoms with Crippen molar-refractivity contribution in [1.29, 1.82) is 0 Å². The summed E-state index contributed by atoms with van der Waals surface area (Å²) in [6, 6.07) is 0.869. The molecular formula is C9H25NO3Si2. The Morgan fingerprint density at radius 2 is 1.40 bits per heavy atom. The second-order valence-corrected chi connectivity index (χ2v) is 12.5. The number of nitrogens with one attached hydrogen (secondary N) is 1. The van der Waals surface area contributed by atoms with Crippen LogP contribution in [-0.2, 0) is 13.3 Å². The third-order valence-electron chi connectivity index (χ3n) is 2.25. The smallest absolute Gasteiger partial charge is 0.377 e. The van der Waals surface area contributed by atoms with Crippen molar-refractivity contribution in [2.75, 3.05) is 27.9 Å². The highest BCUT2D eigenvalue weighted by Gasteiger charge is 2.36. The van der Waals surface area contributed by atoms with Gasteiger partial charge in [-0.05, 0) is 13.0 Å². The molecule has 0 amide bonds. The lowest BCUT2D eigenvalue weighted by molar-refractivity contribution is 0.123. The fraction of sp³-hybridized carbons (Fsp3) is 1.00. The van der Waals surface area contributed by atoms with Crippen molar-refractivity contribution in [1.82, 2.24) is 4.98 Å². The first kappa shape index (κ1) is 15.3. The second kappa shape index (κ2) is 6.77. The quantitative estimate of drug-likeness (QED) is 0.526. The largest absolute Gasteiger partial charge is 0.500 e. The summed E-state index contributed by atoms with van der Waals surface area (Å²) < 4.78 is 16.0. The van der Waals surface area contributed by atoms with E-state index >= 15 is 0 Å². The van der Waals surface area contributed by atoms with Crippen molar-refractivity contribution >= 4 is 17.0 Å². The molecule has 0 bridgehead atoms. The molecule has 0 rings (SSSR count). The van der Waals surface area contributed by atoms with Crippen LogP contribution in [0.3, 0.4) is 0 Å². The zero-order chi connectivity index (χ0) is 11.9. The average Bonchev–Trinajstić information content (AvgIpc) is 2.18. The maximum atomic E-state index is 5.35. The van der Waals surface area contributed by atoms with Crippen molar-refractivity contribution in [3.8, 4) is 0 Å². The van der Waals surface area contributed by atoms with Crippen molar-refractivity contribution < 1.29 is 13.3 Å². The number of hydrogen-bond acceptors (Lipinski definition) is 4. The van der Waals surface area contributed by atoms with Crippen LogP contribution in [0, 0.1) is 0 Å². The Morgan fingerprint density at radius 1 is 0.933 bits per heavy atom. The Hall–Kier alpha value is 0.274. The van der Waals surface area contributed by atoms with Gasteiger partial charge in [0.1, 0.15) is 8.24 Å². The van der Waals surface area contributed by atoms with E-state index in [2.05, 4.69) is 24.6 Å². The van der Waals surface area contributed by atoms with Crippen LogP contribution in [0.15, 0.2) is 0 Å². The van der Waals surface area contributed by atoms with E-state index in [1.807, 2.05) is 0 Å². The van der Waals surface area contributed by atoms with E-state index in [0.717, 1.165) is 19.0 Å². The maximum absolute atomic E-state index is 5.35. The van der Waals surface area contributed by atoms with Gasteiger partial charge in [0.25, 0.3) is 0 Å². The zero-order valence-corrected chi connectivity index (χ0v) is 12.8. The molecule has 0 spiro atoms. The molecule has 4 nitrogen and oxygen atoms in total. The Labute approximate surface area is 95.8 Å². The molecule has 6 heteroatoms. The molecule has 0 aliphatic heterocycles. The minimum atomic E-state index is -2.34. The number of rotatable bonds is 8. The van der Waals surface area contributed by atoms with E-state index in [1.54, 1.807) is 21.3 Å². The lowest BCUT2D eigenvalue weighted by atomic mass is 10.5. The molecule has 0 radical (unpaired) electrons. The van der Waals surface area contributed by atoms with E-state index in [9.17, 15) is 0 Å². The van der Waals surface area contributed by atoms with Crippen molar-refractivity contribution in [2.45, 2.75) is 32.1 Å². The summed E-state index contributed by atoms with van der Waals surface area (Å²) in [5.74, 6) is 0. The van der Waals surface area contributed by atoms with Gasteiger partial charge in [-0.25, -0.2) is 0 Å². The first-order valence-corrected chi connectivity index (χ1v) is 10.7. The monoisotopic (exact) mass is 251 g/mol. The standard InChI is InChI=1S/C9H25NO3Si2/c1-11-15(12-2,13-3)9-7-8-10-14(4,5)6/h10H,7-9H2,1-6H3. The highest BCUT2D eigenvalue weighted by Crippen LogP contribution is 2.14. The molecule has 0 aliphatic rings. The second-order valence-electron chi connectivity index (χ2n) is 4.58. The van der Waals surface area contributed by atoms with Gasteiger partial charge in [0.05, 0.1) is 0 Å². The lowest BCUT2D eigenvalue weighted by Crippen LogP contribution is -2.45. The van der Waals surface area contributed by atoms with E-state index in [-0.39, 0.29) is 0 Å². The van der Waals surface area contributed by atoms with Gasteiger partial charge < -0.3 is 18.3 Å². The minimum absolute atomic E-state index is 0.869. The molecular weight excluding hydrogens is 226 g/mol.